The monoisotopic (exact) mass is 222 g/mol. The predicted octanol–water partition coefficient (Wildman–Crippen LogP) is 3.30. The topological polar surface area (TPSA) is 50.4 Å². The molecule has 1 aromatic carbocycles. The SMILES string of the molecule is O=C(O)c1ccc(-c2ccco2)cc1Cl. The number of halogens is 1. The van der Waals surface area contributed by atoms with Crippen LogP contribution >= 0.6 is 11.6 Å². The number of hydrogen-bond donors (Lipinski definition) is 1. The Bertz CT molecular complexity index is 489. The third-order valence-electron chi connectivity index (χ3n) is 2.01. The van der Waals surface area contributed by atoms with Gasteiger partial charge in [-0.1, -0.05) is 17.7 Å². The summed E-state index contributed by atoms with van der Waals surface area (Å²) in [5.41, 5.74) is 0.849. The maximum atomic E-state index is 10.7. The summed E-state index contributed by atoms with van der Waals surface area (Å²) in [4.78, 5) is 10.7. The zero-order valence-corrected chi connectivity index (χ0v) is 8.36. The van der Waals surface area contributed by atoms with Crippen LogP contribution in [0, 0.1) is 0 Å². The van der Waals surface area contributed by atoms with Crippen molar-refractivity contribution in [3.8, 4) is 11.3 Å². The molecule has 0 fully saturated rings. The molecule has 0 aliphatic rings. The average molecular weight is 223 g/mol. The third kappa shape index (κ3) is 1.87. The van der Waals surface area contributed by atoms with Crippen LogP contribution in [0.25, 0.3) is 11.3 Å². The first-order valence-corrected chi connectivity index (χ1v) is 4.63. The molecule has 3 nitrogen and oxygen atoms in total. The number of carboxylic acids is 1. The van der Waals surface area contributed by atoms with Crippen molar-refractivity contribution in [3.63, 3.8) is 0 Å². The number of aromatic carboxylic acids is 1. The molecule has 2 rings (SSSR count). The molecule has 0 unspecified atom stereocenters. The summed E-state index contributed by atoms with van der Waals surface area (Å²) in [5, 5.41) is 8.98. The van der Waals surface area contributed by atoms with Crippen molar-refractivity contribution in [2.45, 2.75) is 0 Å². The Hall–Kier alpha value is -1.74. The summed E-state index contributed by atoms with van der Waals surface area (Å²) in [6.07, 6.45) is 1.55. The number of carbonyl (C=O) groups is 1. The van der Waals surface area contributed by atoms with Crippen LogP contribution in [0.4, 0.5) is 0 Å². The van der Waals surface area contributed by atoms with E-state index in [-0.39, 0.29) is 10.6 Å². The van der Waals surface area contributed by atoms with E-state index in [2.05, 4.69) is 0 Å². The van der Waals surface area contributed by atoms with Gasteiger partial charge in [-0.2, -0.15) is 0 Å². The van der Waals surface area contributed by atoms with Gasteiger partial charge in [-0.15, -0.1) is 0 Å². The van der Waals surface area contributed by atoms with Gasteiger partial charge in [0.25, 0.3) is 0 Å². The van der Waals surface area contributed by atoms with Gasteiger partial charge >= 0.3 is 5.97 Å². The van der Waals surface area contributed by atoms with Crippen LogP contribution in [-0.4, -0.2) is 11.1 Å². The number of benzene rings is 1. The maximum Gasteiger partial charge on any atom is 0.337 e. The fourth-order valence-corrected chi connectivity index (χ4v) is 1.55. The highest BCUT2D eigenvalue weighted by Crippen LogP contribution is 2.25. The van der Waals surface area contributed by atoms with E-state index in [1.54, 1.807) is 30.5 Å². The molecule has 0 radical (unpaired) electrons. The highest BCUT2D eigenvalue weighted by molar-refractivity contribution is 6.33. The minimum Gasteiger partial charge on any atom is -0.478 e. The zero-order valence-electron chi connectivity index (χ0n) is 7.61. The van der Waals surface area contributed by atoms with Crippen LogP contribution in [0.3, 0.4) is 0 Å². The van der Waals surface area contributed by atoms with Crippen molar-refractivity contribution in [2.75, 3.05) is 0 Å². The Labute approximate surface area is 90.9 Å². The maximum absolute atomic E-state index is 10.7. The lowest BCUT2D eigenvalue weighted by molar-refractivity contribution is 0.0697. The minimum absolute atomic E-state index is 0.0898. The lowest BCUT2D eigenvalue weighted by Crippen LogP contribution is -1.96. The molecule has 76 valence electrons. The number of carboxylic acid groups (broad SMARTS) is 1. The third-order valence-corrected chi connectivity index (χ3v) is 2.32. The van der Waals surface area contributed by atoms with Crippen LogP contribution < -0.4 is 0 Å². The molecular weight excluding hydrogens is 216 g/mol. The Kier molecular flexibility index (Phi) is 2.47. The largest absolute Gasteiger partial charge is 0.478 e. The van der Waals surface area contributed by atoms with Gasteiger partial charge in [0.05, 0.1) is 16.8 Å². The van der Waals surface area contributed by atoms with Gasteiger partial charge in [0.1, 0.15) is 5.76 Å². The number of rotatable bonds is 2. The Balaban J connectivity index is 2.47. The van der Waals surface area contributed by atoms with Crippen molar-refractivity contribution in [1.29, 1.82) is 0 Å². The lowest BCUT2D eigenvalue weighted by atomic mass is 10.1. The Morgan fingerprint density at radius 3 is 2.67 bits per heavy atom. The van der Waals surface area contributed by atoms with E-state index in [1.807, 2.05) is 0 Å². The molecule has 0 bridgehead atoms. The first-order chi connectivity index (χ1) is 7.18. The van der Waals surface area contributed by atoms with Crippen LogP contribution in [0.5, 0.6) is 0 Å². The van der Waals surface area contributed by atoms with Gasteiger partial charge < -0.3 is 9.52 Å². The summed E-state index contributed by atoms with van der Waals surface area (Å²) in [6.45, 7) is 0. The Morgan fingerprint density at radius 2 is 2.13 bits per heavy atom. The fraction of sp³-hybridized carbons (Fsp3) is 0. The quantitative estimate of drug-likeness (QED) is 0.848. The van der Waals surface area contributed by atoms with E-state index in [0.29, 0.717) is 5.76 Å². The molecule has 0 amide bonds. The highest BCUT2D eigenvalue weighted by atomic mass is 35.5. The highest BCUT2D eigenvalue weighted by Gasteiger charge is 2.10. The molecule has 2 aromatic rings. The zero-order chi connectivity index (χ0) is 10.8. The molecule has 0 aliphatic heterocycles. The second-order valence-electron chi connectivity index (χ2n) is 2.98. The summed E-state index contributed by atoms with van der Waals surface area (Å²) < 4.78 is 5.17. The van der Waals surface area contributed by atoms with Gasteiger partial charge in [-0.3, -0.25) is 0 Å². The summed E-state index contributed by atoms with van der Waals surface area (Å²) in [6, 6.07) is 8.24. The molecule has 0 aliphatic carbocycles. The van der Waals surface area contributed by atoms with E-state index in [9.17, 15) is 4.79 Å². The Morgan fingerprint density at radius 1 is 1.33 bits per heavy atom. The van der Waals surface area contributed by atoms with Crippen molar-refractivity contribution < 1.29 is 14.3 Å². The summed E-state index contributed by atoms with van der Waals surface area (Å²) in [5.74, 6) is -0.375. The molecule has 0 saturated carbocycles. The molecule has 1 heterocycles. The van der Waals surface area contributed by atoms with Crippen LogP contribution in [0.2, 0.25) is 5.02 Å². The number of furan rings is 1. The van der Waals surface area contributed by atoms with Crippen LogP contribution in [0.15, 0.2) is 41.0 Å². The van der Waals surface area contributed by atoms with Gasteiger partial charge in [-0.25, -0.2) is 4.79 Å². The standard InChI is InChI=1S/C11H7ClO3/c12-9-6-7(10-2-1-5-15-10)3-4-8(9)11(13)14/h1-6H,(H,13,14). The smallest absolute Gasteiger partial charge is 0.337 e. The van der Waals surface area contributed by atoms with Crippen LogP contribution in [0.1, 0.15) is 10.4 Å². The van der Waals surface area contributed by atoms with Crippen molar-refractivity contribution in [2.24, 2.45) is 0 Å². The first-order valence-electron chi connectivity index (χ1n) is 4.25. The van der Waals surface area contributed by atoms with Crippen molar-refractivity contribution >= 4 is 17.6 Å². The van der Waals surface area contributed by atoms with E-state index >= 15 is 0 Å². The second kappa shape index (κ2) is 3.79. The van der Waals surface area contributed by atoms with E-state index in [4.69, 9.17) is 21.1 Å². The summed E-state index contributed by atoms with van der Waals surface area (Å²) >= 11 is 5.82. The normalized spacial score (nSPS) is 10.2. The predicted molar refractivity (Wildman–Crippen MR) is 56.1 cm³/mol. The van der Waals surface area contributed by atoms with E-state index in [0.717, 1.165) is 5.56 Å². The van der Waals surface area contributed by atoms with E-state index in [1.165, 1.54) is 6.07 Å². The van der Waals surface area contributed by atoms with E-state index < -0.39 is 5.97 Å². The van der Waals surface area contributed by atoms with Gasteiger partial charge in [0.15, 0.2) is 0 Å². The van der Waals surface area contributed by atoms with Gasteiger partial charge in [0.2, 0.25) is 0 Å². The van der Waals surface area contributed by atoms with Crippen molar-refractivity contribution in [1.82, 2.24) is 0 Å². The van der Waals surface area contributed by atoms with Gasteiger partial charge in [-0.05, 0) is 24.3 Å². The molecule has 4 heteroatoms. The average Bonchev–Trinajstić information content (AvgIpc) is 2.69. The molecule has 0 saturated heterocycles. The van der Waals surface area contributed by atoms with Crippen LogP contribution in [-0.2, 0) is 0 Å². The fourth-order valence-electron chi connectivity index (χ4n) is 1.28. The molecule has 15 heavy (non-hydrogen) atoms. The molecule has 0 spiro atoms. The first kappa shape index (κ1) is 9.80. The second-order valence-corrected chi connectivity index (χ2v) is 3.38. The molecular formula is C11H7ClO3. The van der Waals surface area contributed by atoms with Gasteiger partial charge in [0, 0.05) is 5.56 Å². The lowest BCUT2D eigenvalue weighted by Gasteiger charge is -2.01. The minimum atomic E-state index is -1.04. The van der Waals surface area contributed by atoms with Crippen molar-refractivity contribution in [3.05, 3.63) is 47.2 Å². The number of hydrogen-bond acceptors (Lipinski definition) is 2. The molecule has 0 atom stereocenters. The molecule has 1 aromatic heterocycles. The molecule has 1 N–H and O–H groups in total. The summed E-state index contributed by atoms with van der Waals surface area (Å²) in [7, 11) is 0.